The number of carbonyl (C=O) groups is 5. The number of aromatic nitrogens is 1. The molecule has 0 bridgehead atoms. The zero-order valence-corrected chi connectivity index (χ0v) is 27.3. The summed E-state index contributed by atoms with van der Waals surface area (Å²) in [5, 5.41) is 44.2. The lowest BCUT2D eigenvalue weighted by Gasteiger charge is -2.36. The van der Waals surface area contributed by atoms with Gasteiger partial charge in [-0.05, 0) is 72.4 Å². The lowest BCUT2D eigenvalue weighted by atomic mass is 9.77. The number of nitrogens with one attached hydrogen (secondary N) is 3. The number of ether oxygens (including phenoxy) is 2. The molecular formula is C37H35N3O11. The number of aromatic hydroxyl groups is 2. The molecule has 0 saturated heterocycles. The molecule has 0 unspecified atom stereocenters. The van der Waals surface area contributed by atoms with Crippen LogP contribution in [0.2, 0.25) is 0 Å². The molecule has 264 valence electrons. The molecule has 0 aliphatic carbocycles. The van der Waals surface area contributed by atoms with E-state index in [0.29, 0.717) is 59.2 Å². The van der Waals surface area contributed by atoms with Crippen LogP contribution in [0.1, 0.15) is 86.3 Å². The topological polar surface area (TPSA) is 225 Å². The molecule has 6 rings (SSSR count). The van der Waals surface area contributed by atoms with Gasteiger partial charge in [0.1, 0.15) is 28.7 Å². The second kappa shape index (κ2) is 14.3. The third-order valence-electron chi connectivity index (χ3n) is 8.94. The first kappa shape index (κ1) is 34.5. The summed E-state index contributed by atoms with van der Waals surface area (Å²) in [5.74, 6) is -2.96. The van der Waals surface area contributed by atoms with Crippen LogP contribution < -0.4 is 15.4 Å². The number of esters is 1. The van der Waals surface area contributed by atoms with E-state index in [4.69, 9.17) is 14.6 Å². The molecule has 0 saturated carbocycles. The molecule has 51 heavy (non-hydrogen) atoms. The highest BCUT2D eigenvalue weighted by atomic mass is 16.6. The van der Waals surface area contributed by atoms with Gasteiger partial charge in [-0.25, -0.2) is 4.79 Å². The minimum absolute atomic E-state index is 0.0498. The molecule has 0 radical (unpaired) electrons. The van der Waals surface area contributed by atoms with Crippen LogP contribution in [-0.2, 0) is 44.1 Å². The number of hydrogen-bond acceptors (Lipinski definition) is 9. The fourth-order valence-electron chi connectivity index (χ4n) is 6.54. The molecule has 1 spiro atoms. The molecular weight excluding hydrogens is 662 g/mol. The Hall–Kier alpha value is -6.31. The van der Waals surface area contributed by atoms with Gasteiger partial charge in [0.05, 0.1) is 12.0 Å². The SMILES string of the molecule is O=C(O)CCc1c[nH]c(C(=O)NCCCCCC(=O)NCc2ccc3c(c2)C2(OC3=O)c3ccc(O)cc3Oc3cc(O)ccc32)c1CC(=O)O. The normalized spacial score (nSPS) is 13.4. The molecule has 7 N–H and O–H groups in total. The van der Waals surface area contributed by atoms with Crippen molar-refractivity contribution in [1.29, 1.82) is 0 Å². The number of H-pyrrole nitrogens is 1. The molecule has 4 aromatic rings. The van der Waals surface area contributed by atoms with Crippen LogP contribution in [0.4, 0.5) is 0 Å². The number of aliphatic carboxylic acids is 2. The second-order valence-electron chi connectivity index (χ2n) is 12.4. The fourth-order valence-corrected chi connectivity index (χ4v) is 6.54. The largest absolute Gasteiger partial charge is 0.508 e. The molecule has 3 aromatic carbocycles. The van der Waals surface area contributed by atoms with E-state index < -0.39 is 35.8 Å². The monoisotopic (exact) mass is 697 g/mol. The lowest BCUT2D eigenvalue weighted by molar-refractivity contribution is -0.137. The number of benzene rings is 3. The summed E-state index contributed by atoms with van der Waals surface area (Å²) < 4.78 is 12.1. The van der Waals surface area contributed by atoms with Crippen molar-refractivity contribution in [2.24, 2.45) is 0 Å². The number of aryl methyl sites for hydroxylation is 1. The predicted octanol–water partition coefficient (Wildman–Crippen LogP) is 4.24. The molecule has 0 fully saturated rings. The van der Waals surface area contributed by atoms with Gasteiger partial charge in [0.25, 0.3) is 5.91 Å². The number of rotatable bonds is 14. The summed E-state index contributed by atoms with van der Waals surface area (Å²) in [6.45, 7) is 0.474. The molecule has 3 heterocycles. The third kappa shape index (κ3) is 7.06. The van der Waals surface area contributed by atoms with Crippen molar-refractivity contribution in [3.05, 3.63) is 105 Å². The van der Waals surface area contributed by atoms with E-state index in [9.17, 15) is 39.3 Å². The number of hydrogen-bond donors (Lipinski definition) is 7. The number of unbranched alkanes of at least 4 members (excludes halogenated alkanes) is 2. The zero-order valence-electron chi connectivity index (χ0n) is 27.3. The van der Waals surface area contributed by atoms with Crippen LogP contribution in [-0.4, -0.2) is 61.7 Å². The first-order valence-electron chi connectivity index (χ1n) is 16.4. The quantitative estimate of drug-likeness (QED) is 0.0729. The summed E-state index contributed by atoms with van der Waals surface area (Å²) in [6.07, 6.45) is 2.95. The van der Waals surface area contributed by atoms with Crippen molar-refractivity contribution in [1.82, 2.24) is 15.6 Å². The van der Waals surface area contributed by atoms with E-state index in [1.54, 1.807) is 30.3 Å². The molecule has 2 aliphatic rings. The average molecular weight is 698 g/mol. The van der Waals surface area contributed by atoms with Gasteiger partial charge in [-0.3, -0.25) is 19.2 Å². The Kier molecular flexibility index (Phi) is 9.67. The van der Waals surface area contributed by atoms with Gasteiger partial charge in [-0.2, -0.15) is 0 Å². The maximum atomic E-state index is 13.2. The van der Waals surface area contributed by atoms with E-state index >= 15 is 0 Å². The Morgan fingerprint density at radius 1 is 0.784 bits per heavy atom. The number of carboxylic acid groups (broad SMARTS) is 2. The standard InChI is InChI=1S/C37H35N3O11/c41-22-7-10-26-29(15-22)50-30-16-23(42)8-11-27(30)37(26)28-14-20(5-9-24(28)36(49)51-37)18-39-31(43)4-2-1-3-13-38-35(48)34-25(17-33(46)47)21(19-40-34)6-12-32(44)45/h5,7-11,14-16,19,40-42H,1-4,6,12-13,17-18H2,(H,38,48)(H,39,43)(H,44,45)(H,46,47). The highest BCUT2D eigenvalue weighted by Crippen LogP contribution is 2.57. The second-order valence-corrected chi connectivity index (χ2v) is 12.4. The number of carboxylic acids is 2. The Morgan fingerprint density at radius 3 is 2.16 bits per heavy atom. The average Bonchev–Trinajstić information content (AvgIpc) is 3.61. The summed E-state index contributed by atoms with van der Waals surface area (Å²) >= 11 is 0. The summed E-state index contributed by atoms with van der Waals surface area (Å²) in [5.41, 5.74) is 2.00. The number of aromatic amines is 1. The smallest absolute Gasteiger partial charge is 0.340 e. The van der Waals surface area contributed by atoms with Crippen molar-refractivity contribution < 1.29 is 53.9 Å². The predicted molar refractivity (Wildman–Crippen MR) is 179 cm³/mol. The molecule has 1 aromatic heterocycles. The van der Waals surface area contributed by atoms with Crippen LogP contribution >= 0.6 is 0 Å². The first-order valence-corrected chi connectivity index (χ1v) is 16.4. The van der Waals surface area contributed by atoms with Crippen LogP contribution in [0.15, 0.2) is 60.8 Å². The number of carbonyl (C=O) groups excluding carboxylic acids is 3. The number of amides is 2. The van der Waals surface area contributed by atoms with Crippen molar-refractivity contribution >= 4 is 29.7 Å². The molecule has 2 aliphatic heterocycles. The number of fused-ring (bicyclic) bond motifs is 6. The van der Waals surface area contributed by atoms with E-state index in [-0.39, 0.29) is 66.0 Å². The van der Waals surface area contributed by atoms with Gasteiger partial charge >= 0.3 is 17.9 Å². The lowest BCUT2D eigenvalue weighted by Crippen LogP contribution is -2.33. The minimum Gasteiger partial charge on any atom is -0.508 e. The van der Waals surface area contributed by atoms with Crippen molar-refractivity contribution in [2.45, 2.75) is 57.1 Å². The highest BCUT2D eigenvalue weighted by Gasteiger charge is 2.53. The van der Waals surface area contributed by atoms with Crippen molar-refractivity contribution in [2.75, 3.05) is 6.54 Å². The van der Waals surface area contributed by atoms with Gasteiger partial charge in [0.2, 0.25) is 5.91 Å². The number of phenols is 2. The van der Waals surface area contributed by atoms with Crippen LogP contribution in [0.3, 0.4) is 0 Å². The maximum absolute atomic E-state index is 13.2. The Labute approximate surface area is 291 Å². The maximum Gasteiger partial charge on any atom is 0.340 e. The molecule has 2 amide bonds. The first-order chi connectivity index (χ1) is 24.5. The fraction of sp³-hybridized carbons (Fsp3) is 0.270. The van der Waals surface area contributed by atoms with Gasteiger partial charge in [0.15, 0.2) is 5.60 Å². The van der Waals surface area contributed by atoms with Crippen molar-refractivity contribution in [3.8, 4) is 23.0 Å². The van der Waals surface area contributed by atoms with Crippen LogP contribution in [0, 0.1) is 0 Å². The van der Waals surface area contributed by atoms with Crippen molar-refractivity contribution in [3.63, 3.8) is 0 Å². The van der Waals surface area contributed by atoms with Crippen LogP contribution in [0.25, 0.3) is 0 Å². The summed E-state index contributed by atoms with van der Waals surface area (Å²) in [7, 11) is 0. The van der Waals surface area contributed by atoms with Gasteiger partial charge in [0, 0.05) is 61.0 Å². The highest BCUT2D eigenvalue weighted by molar-refractivity contribution is 5.97. The minimum atomic E-state index is -1.41. The Morgan fingerprint density at radius 2 is 1.49 bits per heavy atom. The van der Waals surface area contributed by atoms with Gasteiger partial charge in [-0.1, -0.05) is 12.5 Å². The zero-order chi connectivity index (χ0) is 36.3. The summed E-state index contributed by atoms with van der Waals surface area (Å²) in [6, 6.07) is 14.2. The summed E-state index contributed by atoms with van der Waals surface area (Å²) in [4.78, 5) is 63.7. The number of phenolic OH excluding ortho intramolecular Hbond substituents is 2. The molecule has 14 heteroatoms. The van der Waals surface area contributed by atoms with Crippen LogP contribution in [0.5, 0.6) is 23.0 Å². The van der Waals surface area contributed by atoms with Gasteiger partial charge in [-0.15, -0.1) is 0 Å². The van der Waals surface area contributed by atoms with E-state index in [2.05, 4.69) is 15.6 Å². The Bertz CT molecular complexity index is 2000. The molecule has 0 atom stereocenters. The van der Waals surface area contributed by atoms with Gasteiger partial charge < -0.3 is 45.5 Å². The van der Waals surface area contributed by atoms with E-state index in [1.165, 1.54) is 30.5 Å². The van der Waals surface area contributed by atoms with E-state index in [0.717, 1.165) is 0 Å². The molecule has 14 nitrogen and oxygen atoms in total. The Balaban J connectivity index is 1.04. The third-order valence-corrected chi connectivity index (χ3v) is 8.94. The van der Waals surface area contributed by atoms with E-state index in [1.807, 2.05) is 0 Å².